The minimum absolute atomic E-state index is 0. The zero-order valence-corrected chi connectivity index (χ0v) is 14.6. The second-order valence-corrected chi connectivity index (χ2v) is 6.06. The Balaban J connectivity index is 0.00000144. The zero-order chi connectivity index (χ0) is 16.2. The molecule has 0 aliphatic heterocycles. The third kappa shape index (κ3) is 2.58. The Morgan fingerprint density at radius 2 is 1.39 bits per heavy atom. The van der Waals surface area contributed by atoms with E-state index in [0.717, 1.165) is 0 Å². The molecular formula is C14H9NaO7S. The Labute approximate surface area is 154 Å². The maximum absolute atomic E-state index is 12.5. The number of hydrogen-bond donors (Lipinski definition) is 3. The van der Waals surface area contributed by atoms with Crippen LogP contribution in [-0.4, -0.2) is 34.8 Å². The monoisotopic (exact) mass is 344 g/mol. The van der Waals surface area contributed by atoms with Crippen LogP contribution in [0.25, 0.3) is 0 Å². The molecule has 0 bridgehead atoms. The van der Waals surface area contributed by atoms with E-state index < -0.39 is 49.2 Å². The number of phenols is 2. The molecule has 0 saturated heterocycles. The maximum Gasteiger partial charge on any atom is 1.00 e. The molecular weight excluding hydrogens is 335 g/mol. The fourth-order valence-corrected chi connectivity index (χ4v) is 3.15. The van der Waals surface area contributed by atoms with Crippen molar-refractivity contribution in [3.05, 3.63) is 52.6 Å². The summed E-state index contributed by atoms with van der Waals surface area (Å²) in [6.45, 7) is 0. The van der Waals surface area contributed by atoms with Crippen LogP contribution in [0.4, 0.5) is 0 Å². The number of phenolic OH excluding ortho intramolecular Hbond substituents is 2. The summed E-state index contributed by atoms with van der Waals surface area (Å²) in [6, 6.07) is 6.19. The third-order valence-electron chi connectivity index (χ3n) is 3.39. The van der Waals surface area contributed by atoms with Crippen LogP contribution in [0, 0.1) is 0 Å². The molecule has 0 amide bonds. The molecule has 3 N–H and O–H groups in total. The van der Waals surface area contributed by atoms with Crippen LogP contribution in [0.15, 0.2) is 35.2 Å². The number of aromatic hydroxyl groups is 2. The quantitative estimate of drug-likeness (QED) is 0.271. The number of fused-ring (bicyclic) bond motifs is 2. The van der Waals surface area contributed by atoms with E-state index in [0.29, 0.717) is 6.07 Å². The molecule has 0 radical (unpaired) electrons. The molecule has 1 aliphatic carbocycles. The summed E-state index contributed by atoms with van der Waals surface area (Å²) in [5, 5.41) is 19.4. The molecule has 0 aromatic heterocycles. The van der Waals surface area contributed by atoms with E-state index in [4.69, 9.17) is 0 Å². The van der Waals surface area contributed by atoms with Gasteiger partial charge in [0.25, 0.3) is 10.1 Å². The molecule has 0 spiro atoms. The van der Waals surface area contributed by atoms with E-state index in [1.54, 1.807) is 0 Å². The van der Waals surface area contributed by atoms with Crippen LogP contribution in [0.3, 0.4) is 0 Å². The second kappa shape index (κ2) is 5.73. The standard InChI is InChI=1S/C14H8O7S.Na.H/c15-8-5-9(22(19,20)21)10-11(14(8)18)13(17)7-4-2-1-3-6(7)12(10)16;;/h1-5,15,18H,(H,19,20,21);;/q;+1;-1. The summed E-state index contributed by atoms with van der Waals surface area (Å²) in [5.41, 5.74) is -1.37. The minimum Gasteiger partial charge on any atom is -1.00 e. The van der Waals surface area contributed by atoms with Crippen LogP contribution in [0.1, 0.15) is 33.3 Å². The number of rotatable bonds is 1. The fourth-order valence-electron chi connectivity index (χ4n) is 2.43. The average molecular weight is 344 g/mol. The number of benzene rings is 2. The van der Waals surface area contributed by atoms with Crippen molar-refractivity contribution in [2.75, 3.05) is 0 Å². The van der Waals surface area contributed by atoms with Crippen LogP contribution < -0.4 is 29.6 Å². The second-order valence-electron chi connectivity index (χ2n) is 4.67. The van der Waals surface area contributed by atoms with Gasteiger partial charge >= 0.3 is 29.6 Å². The first-order valence-corrected chi connectivity index (χ1v) is 7.42. The van der Waals surface area contributed by atoms with Crippen molar-refractivity contribution in [1.82, 2.24) is 0 Å². The van der Waals surface area contributed by atoms with Crippen LogP contribution >= 0.6 is 0 Å². The normalized spacial score (nSPS) is 13.1. The molecule has 0 unspecified atom stereocenters. The van der Waals surface area contributed by atoms with Gasteiger partial charge in [-0.3, -0.25) is 14.1 Å². The van der Waals surface area contributed by atoms with Crippen molar-refractivity contribution in [1.29, 1.82) is 0 Å². The van der Waals surface area contributed by atoms with E-state index in [1.165, 1.54) is 24.3 Å². The Kier molecular flexibility index (Phi) is 4.40. The van der Waals surface area contributed by atoms with Gasteiger partial charge in [0, 0.05) is 17.2 Å². The summed E-state index contributed by atoms with van der Waals surface area (Å²) < 4.78 is 32.1. The van der Waals surface area contributed by atoms with Crippen molar-refractivity contribution >= 4 is 21.7 Å². The van der Waals surface area contributed by atoms with Gasteiger partial charge in [0.05, 0.1) is 11.1 Å². The van der Waals surface area contributed by atoms with Gasteiger partial charge in [-0.2, -0.15) is 8.42 Å². The topological polar surface area (TPSA) is 129 Å². The molecule has 0 heterocycles. The first-order valence-electron chi connectivity index (χ1n) is 5.98. The Bertz CT molecular complexity index is 969. The summed E-state index contributed by atoms with van der Waals surface area (Å²) in [5.74, 6) is -3.49. The SMILES string of the molecule is O=C1c2ccccc2C(=O)c2c(O)c(O)cc(S(=O)(=O)O)c21.[H-].[Na+]. The van der Waals surface area contributed by atoms with E-state index in [2.05, 4.69) is 0 Å². The molecule has 23 heavy (non-hydrogen) atoms. The molecule has 7 nitrogen and oxygen atoms in total. The smallest absolute Gasteiger partial charge is 1.00 e. The zero-order valence-electron chi connectivity index (χ0n) is 12.8. The maximum atomic E-state index is 12.5. The average Bonchev–Trinajstić information content (AvgIpc) is 2.46. The van der Waals surface area contributed by atoms with Crippen molar-refractivity contribution in [3.8, 4) is 11.5 Å². The summed E-state index contributed by atoms with van der Waals surface area (Å²) in [6.07, 6.45) is 0. The molecule has 1 aliphatic rings. The molecule has 0 fully saturated rings. The van der Waals surface area contributed by atoms with Gasteiger partial charge in [-0.25, -0.2) is 0 Å². The first kappa shape index (κ1) is 17.6. The molecule has 2 aromatic rings. The van der Waals surface area contributed by atoms with Gasteiger partial charge in [0.1, 0.15) is 4.90 Å². The van der Waals surface area contributed by atoms with Crippen LogP contribution in [0.2, 0.25) is 0 Å². The van der Waals surface area contributed by atoms with E-state index in [9.17, 15) is 32.8 Å². The number of ketones is 2. The van der Waals surface area contributed by atoms with Crippen molar-refractivity contribution in [2.45, 2.75) is 4.90 Å². The fraction of sp³-hybridized carbons (Fsp3) is 0. The summed E-state index contributed by atoms with van der Waals surface area (Å²) in [7, 11) is -4.89. The third-order valence-corrected chi connectivity index (χ3v) is 4.27. The molecule has 9 heteroatoms. The largest absolute Gasteiger partial charge is 1.00 e. The van der Waals surface area contributed by atoms with E-state index >= 15 is 0 Å². The Morgan fingerprint density at radius 3 is 1.87 bits per heavy atom. The van der Waals surface area contributed by atoms with E-state index in [-0.39, 0.29) is 42.1 Å². The molecule has 0 saturated carbocycles. The summed E-state index contributed by atoms with van der Waals surface area (Å²) >= 11 is 0. The van der Waals surface area contributed by atoms with Crippen molar-refractivity contribution in [2.24, 2.45) is 0 Å². The number of hydrogen-bond acceptors (Lipinski definition) is 6. The first-order chi connectivity index (χ1) is 10.2. The predicted molar refractivity (Wildman–Crippen MR) is 74.0 cm³/mol. The minimum atomic E-state index is -4.89. The molecule has 114 valence electrons. The molecule has 3 rings (SSSR count). The number of carbonyl (C=O) groups is 2. The Morgan fingerprint density at radius 1 is 0.913 bits per heavy atom. The van der Waals surface area contributed by atoms with Gasteiger partial charge in [-0.1, -0.05) is 24.3 Å². The predicted octanol–water partition coefficient (Wildman–Crippen LogP) is -1.76. The Hall–Kier alpha value is -1.71. The number of carbonyl (C=O) groups excluding carboxylic acids is 2. The van der Waals surface area contributed by atoms with Crippen LogP contribution in [0.5, 0.6) is 11.5 Å². The van der Waals surface area contributed by atoms with E-state index in [1.807, 2.05) is 0 Å². The van der Waals surface area contributed by atoms with Crippen LogP contribution in [-0.2, 0) is 10.1 Å². The van der Waals surface area contributed by atoms with Crippen molar-refractivity contribution < 1.29 is 63.8 Å². The van der Waals surface area contributed by atoms with Gasteiger partial charge in [-0.15, -0.1) is 0 Å². The van der Waals surface area contributed by atoms with Gasteiger partial charge < -0.3 is 11.6 Å². The van der Waals surface area contributed by atoms with Gasteiger partial charge in [0.15, 0.2) is 23.1 Å². The van der Waals surface area contributed by atoms with Gasteiger partial charge in [-0.05, 0) is 0 Å². The molecule has 2 aromatic carbocycles. The van der Waals surface area contributed by atoms with Gasteiger partial charge in [0.2, 0.25) is 0 Å². The molecule has 0 atom stereocenters. The van der Waals surface area contributed by atoms with Crippen molar-refractivity contribution in [3.63, 3.8) is 0 Å². The summed E-state index contributed by atoms with van der Waals surface area (Å²) in [4.78, 5) is 23.9.